The third kappa shape index (κ3) is 2.99. The van der Waals surface area contributed by atoms with Crippen LogP contribution in [0.1, 0.15) is 66.4 Å². The molecule has 2 atom stereocenters. The van der Waals surface area contributed by atoms with E-state index in [-0.39, 0.29) is 24.3 Å². The molecule has 4 nitrogen and oxygen atoms in total. The second kappa shape index (κ2) is 6.68. The Labute approximate surface area is 157 Å². The minimum atomic E-state index is -0.434. The van der Waals surface area contributed by atoms with Gasteiger partial charge in [0.05, 0.1) is 23.2 Å². The molecule has 0 spiro atoms. The monoisotopic (exact) mass is 358 g/mol. The van der Waals surface area contributed by atoms with Gasteiger partial charge in [0, 0.05) is 0 Å². The molecule has 3 rings (SSSR count). The summed E-state index contributed by atoms with van der Waals surface area (Å²) < 4.78 is 18.0. The van der Waals surface area contributed by atoms with E-state index in [1.54, 1.807) is 0 Å². The quantitative estimate of drug-likeness (QED) is 0.576. The number of carbonyl (C=O) groups excluding carboxylic acids is 1. The van der Waals surface area contributed by atoms with Crippen molar-refractivity contribution in [1.82, 2.24) is 0 Å². The Morgan fingerprint density at radius 1 is 1.15 bits per heavy atom. The molecule has 0 bridgehead atoms. The van der Waals surface area contributed by atoms with Gasteiger partial charge >= 0.3 is 13.1 Å². The van der Waals surface area contributed by atoms with E-state index in [0.29, 0.717) is 12.5 Å². The molecule has 5 heteroatoms. The zero-order valence-corrected chi connectivity index (χ0v) is 16.9. The first-order valence-corrected chi connectivity index (χ1v) is 9.83. The lowest BCUT2D eigenvalue weighted by Gasteiger charge is -2.41. The molecular weight excluding hydrogens is 327 g/mol. The van der Waals surface area contributed by atoms with Crippen molar-refractivity contribution in [1.29, 1.82) is 0 Å². The largest absolute Gasteiger partial charge is 0.494 e. The molecule has 1 heterocycles. The van der Waals surface area contributed by atoms with E-state index in [0.717, 1.165) is 30.3 Å². The molecule has 2 aliphatic rings. The van der Waals surface area contributed by atoms with Gasteiger partial charge in [0.2, 0.25) is 0 Å². The number of hydrogen-bond donors (Lipinski definition) is 0. The first-order valence-electron chi connectivity index (χ1n) is 9.83. The topological polar surface area (TPSA) is 44.8 Å². The summed E-state index contributed by atoms with van der Waals surface area (Å²) in [5, 5.41) is 0. The lowest BCUT2D eigenvalue weighted by atomic mass is 9.76. The van der Waals surface area contributed by atoms with E-state index in [1.165, 1.54) is 0 Å². The molecule has 1 aliphatic carbocycles. The van der Waals surface area contributed by atoms with Gasteiger partial charge in [-0.25, -0.2) is 0 Å². The van der Waals surface area contributed by atoms with Gasteiger partial charge in [0.1, 0.15) is 0 Å². The van der Waals surface area contributed by atoms with Gasteiger partial charge in [0.15, 0.2) is 0 Å². The van der Waals surface area contributed by atoms with Crippen LogP contribution in [0.4, 0.5) is 0 Å². The van der Waals surface area contributed by atoms with Crippen molar-refractivity contribution < 1.29 is 18.8 Å². The van der Waals surface area contributed by atoms with Crippen LogP contribution < -0.4 is 5.46 Å². The molecule has 142 valence electrons. The Bertz CT molecular complexity index is 665. The number of hydrogen-bond acceptors (Lipinski definition) is 4. The molecule has 0 aromatic heterocycles. The van der Waals surface area contributed by atoms with Crippen LogP contribution in [0, 0.1) is 5.92 Å². The fourth-order valence-electron chi connectivity index (χ4n) is 3.97. The highest BCUT2D eigenvalue weighted by molar-refractivity contribution is 6.62. The summed E-state index contributed by atoms with van der Waals surface area (Å²) in [6.45, 7) is 13.0. The lowest BCUT2D eigenvalue weighted by molar-refractivity contribution is -0.146. The number of rotatable bonds is 6. The first-order chi connectivity index (χ1) is 12.2. The van der Waals surface area contributed by atoms with E-state index in [9.17, 15) is 4.79 Å². The van der Waals surface area contributed by atoms with Crippen molar-refractivity contribution in [2.45, 2.75) is 77.4 Å². The van der Waals surface area contributed by atoms with Crippen molar-refractivity contribution in [2.24, 2.45) is 5.92 Å². The molecule has 1 aliphatic heterocycles. The maximum absolute atomic E-state index is 12.3. The minimum absolute atomic E-state index is 0.105. The van der Waals surface area contributed by atoms with Crippen molar-refractivity contribution in [3.8, 4) is 0 Å². The minimum Gasteiger partial charge on any atom is -0.465 e. The normalized spacial score (nSPS) is 27.2. The fraction of sp³-hybridized carbons (Fsp3) is 0.667. The van der Waals surface area contributed by atoms with Gasteiger partial charge in [-0.15, -0.1) is 0 Å². The molecule has 2 fully saturated rings. The van der Waals surface area contributed by atoms with Crippen LogP contribution in [0.15, 0.2) is 24.3 Å². The third-order valence-corrected chi connectivity index (χ3v) is 6.65. The van der Waals surface area contributed by atoms with Crippen LogP contribution in [0.2, 0.25) is 0 Å². The van der Waals surface area contributed by atoms with Gasteiger partial charge in [0.25, 0.3) is 0 Å². The van der Waals surface area contributed by atoms with E-state index in [1.807, 2.05) is 31.2 Å². The third-order valence-electron chi connectivity index (χ3n) is 6.65. The van der Waals surface area contributed by atoms with Gasteiger partial charge in [-0.2, -0.15) is 0 Å². The molecule has 26 heavy (non-hydrogen) atoms. The molecule has 0 radical (unpaired) electrons. The zero-order chi connectivity index (χ0) is 19.2. The maximum Gasteiger partial charge on any atom is 0.494 e. The number of benzene rings is 1. The second-order valence-electron chi connectivity index (χ2n) is 8.42. The van der Waals surface area contributed by atoms with Crippen molar-refractivity contribution in [2.75, 3.05) is 6.61 Å². The smallest absolute Gasteiger partial charge is 0.465 e. The van der Waals surface area contributed by atoms with Crippen LogP contribution in [0.3, 0.4) is 0 Å². The predicted octanol–water partition coefficient (Wildman–Crippen LogP) is 3.61. The zero-order valence-electron chi connectivity index (χ0n) is 16.9. The van der Waals surface area contributed by atoms with E-state index >= 15 is 0 Å². The highest BCUT2D eigenvalue weighted by Gasteiger charge is 2.57. The summed E-state index contributed by atoms with van der Waals surface area (Å²) in [7, 11) is -0.379. The Balaban J connectivity index is 1.79. The Morgan fingerprint density at radius 2 is 1.77 bits per heavy atom. The van der Waals surface area contributed by atoms with Crippen LogP contribution in [-0.2, 0) is 24.3 Å². The average Bonchev–Trinajstić information content (AvgIpc) is 3.38. The van der Waals surface area contributed by atoms with Gasteiger partial charge < -0.3 is 14.0 Å². The first kappa shape index (κ1) is 19.4. The molecule has 2 unspecified atom stereocenters. The summed E-state index contributed by atoms with van der Waals surface area (Å²) >= 11 is 0. The number of esters is 1. The molecule has 1 aromatic rings. The second-order valence-corrected chi connectivity index (χ2v) is 8.42. The molecule has 1 saturated carbocycles. The lowest BCUT2D eigenvalue weighted by Crippen LogP contribution is -2.49. The van der Waals surface area contributed by atoms with Crippen LogP contribution >= 0.6 is 0 Å². The average molecular weight is 358 g/mol. The fourth-order valence-corrected chi connectivity index (χ4v) is 3.97. The SMILES string of the molecule is CCOC(=O)C1(c2ccc(B3OC(C)(C)C(C)(C(C)CC)O3)cc2)CC1. The van der Waals surface area contributed by atoms with Gasteiger partial charge in [-0.05, 0) is 57.5 Å². The van der Waals surface area contributed by atoms with Crippen LogP contribution in [0.5, 0.6) is 0 Å². The van der Waals surface area contributed by atoms with Crippen LogP contribution in [-0.4, -0.2) is 30.9 Å². The van der Waals surface area contributed by atoms with Crippen molar-refractivity contribution >= 4 is 18.6 Å². The molecule has 0 N–H and O–H groups in total. The Kier molecular flexibility index (Phi) is 5.00. The van der Waals surface area contributed by atoms with Crippen molar-refractivity contribution in [3.05, 3.63) is 29.8 Å². The molecule has 1 aromatic carbocycles. The van der Waals surface area contributed by atoms with Crippen molar-refractivity contribution in [3.63, 3.8) is 0 Å². The number of ether oxygens (including phenoxy) is 1. The maximum atomic E-state index is 12.3. The molecule has 1 saturated heterocycles. The standard InChI is InChI=1S/C21H31BO4/c1-7-15(3)20(6)19(4,5)25-22(26-20)17-11-9-16(10-12-17)21(13-14-21)18(23)24-8-2/h9-12,15H,7-8,13-14H2,1-6H3. The summed E-state index contributed by atoms with van der Waals surface area (Å²) in [5.41, 5.74) is 0.883. The summed E-state index contributed by atoms with van der Waals surface area (Å²) in [6, 6.07) is 8.10. The Hall–Kier alpha value is -1.33. The highest BCUT2D eigenvalue weighted by atomic mass is 16.7. The van der Waals surface area contributed by atoms with Crippen LogP contribution in [0.25, 0.3) is 0 Å². The summed E-state index contributed by atoms with van der Waals surface area (Å²) in [5.74, 6) is 0.284. The van der Waals surface area contributed by atoms with E-state index in [4.69, 9.17) is 14.0 Å². The summed E-state index contributed by atoms with van der Waals surface area (Å²) in [6.07, 6.45) is 2.76. The highest BCUT2D eigenvalue weighted by Crippen LogP contribution is 2.49. The molecular formula is C21H31BO4. The Morgan fingerprint density at radius 3 is 2.27 bits per heavy atom. The van der Waals surface area contributed by atoms with Gasteiger partial charge in [-0.1, -0.05) is 44.5 Å². The molecule has 0 amide bonds. The van der Waals surface area contributed by atoms with E-state index < -0.39 is 5.41 Å². The number of carbonyl (C=O) groups is 1. The van der Waals surface area contributed by atoms with E-state index in [2.05, 4.69) is 34.6 Å². The predicted molar refractivity (Wildman–Crippen MR) is 103 cm³/mol. The summed E-state index contributed by atoms with van der Waals surface area (Å²) in [4.78, 5) is 12.3. The van der Waals surface area contributed by atoms with Gasteiger partial charge in [-0.3, -0.25) is 4.79 Å².